The first kappa shape index (κ1) is 23.4. The number of carbonyl (C=O) groups is 2. The summed E-state index contributed by atoms with van der Waals surface area (Å²) in [5, 5.41) is 4.19. The topological polar surface area (TPSA) is 130 Å². The van der Waals surface area contributed by atoms with Crippen molar-refractivity contribution < 1.29 is 14.3 Å². The number of nitrogens with two attached hydrogens (primary N) is 1. The summed E-state index contributed by atoms with van der Waals surface area (Å²) in [6.07, 6.45) is 3.09. The van der Waals surface area contributed by atoms with Crippen molar-refractivity contribution in [3.8, 4) is 17.0 Å². The molecule has 0 aliphatic heterocycles. The summed E-state index contributed by atoms with van der Waals surface area (Å²) in [6, 6.07) is 17.2. The van der Waals surface area contributed by atoms with E-state index in [1.165, 1.54) is 6.07 Å². The van der Waals surface area contributed by atoms with Gasteiger partial charge in [0, 0.05) is 28.7 Å². The highest BCUT2D eigenvalue weighted by atomic mass is 16.5. The van der Waals surface area contributed by atoms with E-state index in [1.54, 1.807) is 7.11 Å². The number of aryl methyl sites for hydroxylation is 2. The van der Waals surface area contributed by atoms with Crippen molar-refractivity contribution in [2.24, 2.45) is 5.73 Å². The van der Waals surface area contributed by atoms with E-state index in [9.17, 15) is 14.4 Å². The summed E-state index contributed by atoms with van der Waals surface area (Å²) < 4.78 is 5.29. The Morgan fingerprint density at radius 2 is 1.89 bits per heavy atom. The predicted molar refractivity (Wildman–Crippen MR) is 138 cm³/mol. The van der Waals surface area contributed by atoms with Gasteiger partial charge < -0.3 is 25.8 Å². The molecule has 184 valence electrons. The predicted octanol–water partition coefficient (Wildman–Crippen LogP) is 3.76. The molecule has 4 aromatic rings. The molecule has 0 radical (unpaired) electrons. The Bertz CT molecular complexity index is 1500. The lowest BCUT2D eigenvalue weighted by Gasteiger charge is -2.26. The molecule has 8 heteroatoms. The van der Waals surface area contributed by atoms with Crippen LogP contribution in [0.25, 0.3) is 22.2 Å². The van der Waals surface area contributed by atoms with Crippen molar-refractivity contribution in [3.63, 3.8) is 0 Å². The number of ether oxygens (including phenoxy) is 1. The minimum absolute atomic E-state index is 0.0853. The summed E-state index contributed by atoms with van der Waals surface area (Å²) in [7, 11) is 1.64. The van der Waals surface area contributed by atoms with E-state index in [-0.39, 0.29) is 17.5 Å². The van der Waals surface area contributed by atoms with Crippen LogP contribution in [0.3, 0.4) is 0 Å². The Morgan fingerprint density at radius 1 is 1.11 bits per heavy atom. The van der Waals surface area contributed by atoms with E-state index in [0.717, 1.165) is 57.6 Å². The first-order valence-corrected chi connectivity index (χ1v) is 12.0. The lowest BCUT2D eigenvalue weighted by molar-refractivity contribution is -0.121. The molecule has 2 heterocycles. The number of hydrogen-bond acceptors (Lipinski definition) is 4. The number of nitrogens with one attached hydrogen (secondary N) is 3. The van der Waals surface area contributed by atoms with Gasteiger partial charge in [0.2, 0.25) is 5.91 Å². The van der Waals surface area contributed by atoms with E-state index in [2.05, 4.69) is 21.4 Å². The standard InChI is InChI=1S/C28H28N4O4/c1-36-17-11-9-16(10-12-17)26-19(18-5-2-3-6-22(18)31-26)13-14-25(33)30-23-7-4-8-24-20(23)15-21(27(29)34)28(35)32-24/h2-3,5-6,9-12,15,23,31H,4,7-8,13-14H2,1H3,(H2,29,34)(H,30,33)(H,32,35)/t23-/m0/s1. The lowest BCUT2D eigenvalue weighted by atomic mass is 9.90. The van der Waals surface area contributed by atoms with Crippen molar-refractivity contribution in [3.05, 3.63) is 87.3 Å². The number of para-hydroxylation sites is 1. The number of benzene rings is 2. The van der Waals surface area contributed by atoms with E-state index in [0.29, 0.717) is 19.3 Å². The van der Waals surface area contributed by atoms with Crippen molar-refractivity contribution in [2.45, 2.75) is 38.1 Å². The second kappa shape index (κ2) is 9.73. The number of pyridine rings is 1. The maximum absolute atomic E-state index is 13.1. The van der Waals surface area contributed by atoms with Gasteiger partial charge in [-0.25, -0.2) is 0 Å². The second-order valence-electron chi connectivity index (χ2n) is 9.08. The largest absolute Gasteiger partial charge is 0.497 e. The summed E-state index contributed by atoms with van der Waals surface area (Å²) in [4.78, 5) is 43.1. The van der Waals surface area contributed by atoms with Crippen molar-refractivity contribution in [1.82, 2.24) is 15.3 Å². The van der Waals surface area contributed by atoms with Gasteiger partial charge in [-0.15, -0.1) is 0 Å². The fourth-order valence-electron chi connectivity index (χ4n) is 5.04. The summed E-state index contributed by atoms with van der Waals surface area (Å²) in [6.45, 7) is 0. The molecule has 5 N–H and O–H groups in total. The van der Waals surface area contributed by atoms with Crippen molar-refractivity contribution in [2.75, 3.05) is 7.11 Å². The summed E-state index contributed by atoms with van der Waals surface area (Å²) >= 11 is 0. The fraction of sp³-hybridized carbons (Fsp3) is 0.250. The minimum atomic E-state index is -0.778. The quantitative estimate of drug-likeness (QED) is 0.318. The Hall–Kier alpha value is -4.33. The summed E-state index contributed by atoms with van der Waals surface area (Å²) in [5.41, 5.74) is 10.4. The van der Waals surface area contributed by atoms with E-state index in [1.807, 2.05) is 42.5 Å². The average Bonchev–Trinajstić information content (AvgIpc) is 3.25. The molecule has 0 bridgehead atoms. The van der Waals surface area contributed by atoms with Gasteiger partial charge in [0.15, 0.2) is 0 Å². The molecule has 1 atom stereocenters. The molecule has 2 aromatic carbocycles. The van der Waals surface area contributed by atoms with Crippen LogP contribution in [0.1, 0.15) is 52.5 Å². The van der Waals surface area contributed by atoms with Crippen LogP contribution in [-0.2, 0) is 17.6 Å². The number of H-pyrrole nitrogens is 2. The molecule has 0 saturated carbocycles. The zero-order valence-corrected chi connectivity index (χ0v) is 20.0. The lowest BCUT2D eigenvalue weighted by Crippen LogP contribution is -2.34. The summed E-state index contributed by atoms with van der Waals surface area (Å²) in [5.74, 6) is -0.0878. The third-order valence-corrected chi connectivity index (χ3v) is 6.85. The molecule has 2 amide bonds. The molecule has 0 spiro atoms. The van der Waals surface area contributed by atoms with Crippen LogP contribution in [-0.4, -0.2) is 28.9 Å². The monoisotopic (exact) mass is 484 g/mol. The molecule has 2 aromatic heterocycles. The number of aromatic amines is 2. The zero-order valence-electron chi connectivity index (χ0n) is 20.0. The van der Waals surface area contributed by atoms with Crippen LogP contribution in [0.4, 0.5) is 0 Å². The number of carbonyl (C=O) groups excluding carboxylic acids is 2. The van der Waals surface area contributed by atoms with E-state index in [4.69, 9.17) is 10.5 Å². The first-order valence-electron chi connectivity index (χ1n) is 12.0. The molecule has 1 aliphatic rings. The highest BCUT2D eigenvalue weighted by Gasteiger charge is 2.25. The van der Waals surface area contributed by atoms with Crippen LogP contribution >= 0.6 is 0 Å². The van der Waals surface area contributed by atoms with Crippen LogP contribution in [0.2, 0.25) is 0 Å². The van der Waals surface area contributed by atoms with Gasteiger partial charge >= 0.3 is 0 Å². The van der Waals surface area contributed by atoms with Crippen molar-refractivity contribution in [1.29, 1.82) is 0 Å². The van der Waals surface area contributed by atoms with E-state index < -0.39 is 11.5 Å². The molecule has 36 heavy (non-hydrogen) atoms. The van der Waals surface area contributed by atoms with Gasteiger partial charge in [-0.2, -0.15) is 0 Å². The highest BCUT2D eigenvalue weighted by Crippen LogP contribution is 2.33. The zero-order chi connectivity index (χ0) is 25.2. The molecule has 0 fully saturated rings. The third-order valence-electron chi connectivity index (χ3n) is 6.85. The van der Waals surface area contributed by atoms with Gasteiger partial charge in [0.05, 0.1) is 13.2 Å². The molecule has 8 nitrogen and oxygen atoms in total. The maximum atomic E-state index is 13.1. The third kappa shape index (κ3) is 4.49. The minimum Gasteiger partial charge on any atom is -0.497 e. The molecule has 1 aliphatic carbocycles. The van der Waals surface area contributed by atoms with Gasteiger partial charge in [0.1, 0.15) is 11.3 Å². The number of rotatable bonds is 7. The van der Waals surface area contributed by atoms with Gasteiger partial charge in [-0.3, -0.25) is 14.4 Å². The Labute approximate surface area is 207 Å². The van der Waals surface area contributed by atoms with Gasteiger partial charge in [-0.1, -0.05) is 18.2 Å². The first-order chi connectivity index (χ1) is 17.4. The molecular weight excluding hydrogens is 456 g/mol. The number of amides is 2. The molecule has 0 unspecified atom stereocenters. The fourth-order valence-corrected chi connectivity index (χ4v) is 5.04. The van der Waals surface area contributed by atoms with Crippen LogP contribution in [0.15, 0.2) is 59.4 Å². The Morgan fingerprint density at radius 3 is 2.64 bits per heavy atom. The Kier molecular flexibility index (Phi) is 6.33. The van der Waals surface area contributed by atoms with Gasteiger partial charge in [0.25, 0.3) is 11.5 Å². The number of methoxy groups -OCH3 is 1. The molecular formula is C28H28N4O4. The second-order valence-corrected chi connectivity index (χ2v) is 9.08. The number of primary amides is 1. The van der Waals surface area contributed by atoms with Crippen LogP contribution < -0.4 is 21.3 Å². The van der Waals surface area contributed by atoms with Crippen LogP contribution in [0, 0.1) is 0 Å². The molecule has 5 rings (SSSR count). The highest BCUT2D eigenvalue weighted by molar-refractivity contribution is 5.93. The molecule has 0 saturated heterocycles. The SMILES string of the molecule is COc1ccc(-c2[nH]c3ccccc3c2CCC(=O)N[C@H]2CCCc3[nH]c(=O)c(C(N)=O)cc32)cc1. The normalized spacial score (nSPS) is 14.9. The average molecular weight is 485 g/mol. The number of aromatic nitrogens is 2. The van der Waals surface area contributed by atoms with Crippen molar-refractivity contribution >= 4 is 22.7 Å². The smallest absolute Gasteiger partial charge is 0.261 e. The Balaban J connectivity index is 1.37. The maximum Gasteiger partial charge on any atom is 0.261 e. The number of hydrogen-bond donors (Lipinski definition) is 4. The van der Waals surface area contributed by atoms with Gasteiger partial charge in [-0.05, 0) is 78.8 Å². The van der Waals surface area contributed by atoms with Crippen LogP contribution in [0.5, 0.6) is 5.75 Å². The number of fused-ring (bicyclic) bond motifs is 2. The van der Waals surface area contributed by atoms with E-state index >= 15 is 0 Å².